The van der Waals surface area contributed by atoms with Gasteiger partial charge in [-0.3, -0.25) is 0 Å². The highest BCUT2D eigenvalue weighted by molar-refractivity contribution is 5.97. The number of ether oxygens (including phenoxy) is 2. The average molecular weight is 710 g/mol. The fourth-order valence-corrected chi connectivity index (χ4v) is 7.73. The van der Waals surface area contributed by atoms with Gasteiger partial charge in [0.2, 0.25) is 5.89 Å². The largest absolute Gasteiger partial charge is 0.453 e. The Morgan fingerprint density at radius 3 is 1.29 bits per heavy atom. The lowest BCUT2D eigenvalue weighted by molar-refractivity contribution is 0.477. The van der Waals surface area contributed by atoms with Gasteiger partial charge in [0.1, 0.15) is 5.52 Å². The molecule has 0 radical (unpaired) electrons. The fraction of sp³-hybridized carbons (Fsp3) is 0. The molecule has 0 spiro atoms. The maximum Gasteiger partial charge on any atom is 0.227 e. The first kappa shape index (κ1) is 31.0. The predicted octanol–water partition coefficient (Wildman–Crippen LogP) is 14.0. The number of hydrogen-bond donors (Lipinski definition) is 0. The lowest BCUT2D eigenvalue weighted by atomic mass is 9.98. The van der Waals surface area contributed by atoms with Gasteiger partial charge in [0.05, 0.1) is 22.7 Å². The number of fused-ring (bicyclic) bond motifs is 5. The van der Waals surface area contributed by atoms with E-state index in [1.807, 2.05) is 84.9 Å². The minimum atomic E-state index is 0.519. The van der Waals surface area contributed by atoms with Crippen LogP contribution in [0.3, 0.4) is 0 Å². The van der Waals surface area contributed by atoms with Crippen molar-refractivity contribution in [3.05, 3.63) is 188 Å². The van der Waals surface area contributed by atoms with E-state index in [1.54, 1.807) is 0 Å². The van der Waals surface area contributed by atoms with E-state index in [4.69, 9.17) is 18.9 Å². The van der Waals surface area contributed by atoms with Crippen LogP contribution in [-0.4, -0.2) is 4.98 Å². The van der Waals surface area contributed by atoms with Crippen molar-refractivity contribution in [1.82, 2.24) is 4.98 Å². The maximum absolute atomic E-state index is 6.84. The van der Waals surface area contributed by atoms with Crippen molar-refractivity contribution in [2.75, 3.05) is 9.80 Å². The number of rotatable bonds is 5. The van der Waals surface area contributed by atoms with Gasteiger partial charge in [0, 0.05) is 22.5 Å². The molecule has 55 heavy (non-hydrogen) atoms. The molecule has 6 heteroatoms. The molecule has 0 unspecified atom stereocenters. The molecule has 8 aromatic carbocycles. The second kappa shape index (κ2) is 12.5. The van der Waals surface area contributed by atoms with Crippen molar-refractivity contribution in [2.45, 2.75) is 0 Å². The van der Waals surface area contributed by atoms with Crippen LogP contribution < -0.4 is 19.3 Å². The van der Waals surface area contributed by atoms with Gasteiger partial charge in [0.25, 0.3) is 0 Å². The highest BCUT2D eigenvalue weighted by Gasteiger charge is 2.30. The van der Waals surface area contributed by atoms with Crippen LogP contribution >= 0.6 is 0 Å². The fourth-order valence-electron chi connectivity index (χ4n) is 7.73. The summed E-state index contributed by atoms with van der Waals surface area (Å²) in [5.74, 6) is 3.62. The van der Waals surface area contributed by atoms with Crippen molar-refractivity contribution in [3.63, 3.8) is 0 Å². The SMILES string of the molecule is c1ccc(-c2cc(-c3ccccc3)c3nc(-c4cc(N5c6ccccc6Oc6ccccc65)cc(N5c6ccccc6Oc6ccccc65)c4)oc3c2)cc1. The van der Waals surface area contributed by atoms with Gasteiger partial charge in [-0.1, -0.05) is 109 Å². The van der Waals surface area contributed by atoms with Crippen LogP contribution in [0.2, 0.25) is 0 Å². The first-order valence-electron chi connectivity index (χ1n) is 18.3. The van der Waals surface area contributed by atoms with E-state index in [0.29, 0.717) is 11.5 Å². The number of anilines is 6. The van der Waals surface area contributed by atoms with Gasteiger partial charge >= 0.3 is 0 Å². The van der Waals surface area contributed by atoms with Gasteiger partial charge in [-0.2, -0.15) is 0 Å². The van der Waals surface area contributed by atoms with Crippen LogP contribution in [0.5, 0.6) is 23.0 Å². The third-order valence-corrected chi connectivity index (χ3v) is 10.2. The maximum atomic E-state index is 6.84. The monoisotopic (exact) mass is 709 g/mol. The summed E-state index contributed by atoms with van der Waals surface area (Å²) in [5, 5.41) is 0. The van der Waals surface area contributed by atoms with Crippen molar-refractivity contribution >= 4 is 45.2 Å². The Hall–Kier alpha value is -7.57. The average Bonchev–Trinajstić information content (AvgIpc) is 3.69. The Morgan fingerprint density at radius 1 is 0.364 bits per heavy atom. The van der Waals surface area contributed by atoms with Crippen molar-refractivity contribution < 1.29 is 13.9 Å². The molecule has 0 amide bonds. The molecule has 3 heterocycles. The molecule has 1 aromatic heterocycles. The Balaban J connectivity index is 1.17. The molecular weight excluding hydrogens is 679 g/mol. The number of benzene rings is 8. The molecule has 6 nitrogen and oxygen atoms in total. The van der Waals surface area contributed by atoms with E-state index < -0.39 is 0 Å². The molecule has 11 rings (SSSR count). The van der Waals surface area contributed by atoms with Crippen LogP contribution in [-0.2, 0) is 0 Å². The molecule has 2 aliphatic rings. The van der Waals surface area contributed by atoms with Crippen LogP contribution in [0.15, 0.2) is 192 Å². The van der Waals surface area contributed by atoms with Crippen LogP contribution in [0, 0.1) is 0 Å². The highest BCUT2D eigenvalue weighted by atomic mass is 16.5. The quantitative estimate of drug-likeness (QED) is 0.177. The zero-order valence-corrected chi connectivity index (χ0v) is 29.5. The van der Waals surface area contributed by atoms with Crippen molar-refractivity contribution in [2.24, 2.45) is 0 Å². The molecule has 9 aromatic rings. The van der Waals surface area contributed by atoms with E-state index in [9.17, 15) is 0 Å². The summed E-state index contributed by atoms with van der Waals surface area (Å²) in [6.45, 7) is 0. The predicted molar refractivity (Wildman–Crippen MR) is 220 cm³/mol. The van der Waals surface area contributed by atoms with Crippen molar-refractivity contribution in [3.8, 4) is 56.7 Å². The number of para-hydroxylation sites is 8. The Kier molecular flexibility index (Phi) is 7.07. The van der Waals surface area contributed by atoms with E-state index in [1.165, 1.54) is 0 Å². The highest BCUT2D eigenvalue weighted by Crippen LogP contribution is 2.54. The summed E-state index contributed by atoms with van der Waals surface area (Å²) in [5.41, 5.74) is 12.2. The van der Waals surface area contributed by atoms with E-state index >= 15 is 0 Å². The molecule has 0 N–H and O–H groups in total. The molecule has 0 saturated heterocycles. The van der Waals surface area contributed by atoms with Gasteiger partial charge in [-0.25, -0.2) is 4.98 Å². The smallest absolute Gasteiger partial charge is 0.227 e. The summed E-state index contributed by atoms with van der Waals surface area (Å²) in [7, 11) is 0. The summed E-state index contributed by atoms with van der Waals surface area (Å²) in [4.78, 5) is 9.80. The number of nitrogens with zero attached hydrogens (tertiary/aromatic N) is 3. The zero-order chi connectivity index (χ0) is 36.3. The van der Waals surface area contributed by atoms with E-state index in [-0.39, 0.29) is 0 Å². The second-order valence-electron chi connectivity index (χ2n) is 13.6. The zero-order valence-electron chi connectivity index (χ0n) is 29.5. The lowest BCUT2D eigenvalue weighted by Crippen LogP contribution is -2.18. The Bertz CT molecular complexity index is 2700. The first-order chi connectivity index (χ1) is 27.2. The molecule has 0 bridgehead atoms. The molecule has 0 saturated carbocycles. The summed E-state index contributed by atoms with van der Waals surface area (Å²) >= 11 is 0. The normalized spacial score (nSPS) is 12.6. The Labute approximate surface area is 317 Å². The molecule has 0 aliphatic carbocycles. The topological polar surface area (TPSA) is 51.0 Å². The van der Waals surface area contributed by atoms with Crippen LogP contribution in [0.1, 0.15) is 0 Å². The molecular formula is C49H31N3O3. The standard InChI is InChI=1S/C49H31N3O3/c1-3-15-32(16-4-1)34-29-38(33-17-5-2-6-18-33)48-47(30-34)55-49(50-48)35-27-36(51-39-19-7-11-23-43(39)53-44-24-12-8-20-40(44)51)31-37(28-35)52-41-21-9-13-25-45(41)54-46-26-14-10-22-42(46)52/h1-31H. The molecule has 2 aliphatic heterocycles. The number of aromatic nitrogens is 1. The lowest BCUT2D eigenvalue weighted by Gasteiger charge is -2.35. The third kappa shape index (κ3) is 5.23. The van der Waals surface area contributed by atoms with Gasteiger partial charge in [-0.05, 0) is 95.6 Å². The first-order valence-corrected chi connectivity index (χ1v) is 18.3. The molecule has 0 atom stereocenters. The number of hydrogen-bond acceptors (Lipinski definition) is 6. The van der Waals surface area contributed by atoms with E-state index in [2.05, 4.69) is 113 Å². The van der Waals surface area contributed by atoms with Crippen LogP contribution in [0.4, 0.5) is 34.1 Å². The molecule has 260 valence electrons. The number of oxazole rings is 1. The van der Waals surface area contributed by atoms with Gasteiger partial charge < -0.3 is 23.7 Å². The molecule has 0 fully saturated rings. The van der Waals surface area contributed by atoms with Crippen molar-refractivity contribution in [1.29, 1.82) is 0 Å². The van der Waals surface area contributed by atoms with Gasteiger partial charge in [-0.15, -0.1) is 0 Å². The summed E-state index contributed by atoms with van der Waals surface area (Å²) < 4.78 is 19.7. The minimum Gasteiger partial charge on any atom is -0.453 e. The second-order valence-corrected chi connectivity index (χ2v) is 13.6. The van der Waals surface area contributed by atoms with Gasteiger partial charge in [0.15, 0.2) is 28.6 Å². The van der Waals surface area contributed by atoms with Crippen LogP contribution in [0.25, 0.3) is 44.8 Å². The third-order valence-electron chi connectivity index (χ3n) is 10.2. The summed E-state index contributed by atoms with van der Waals surface area (Å²) in [6.07, 6.45) is 0. The summed E-state index contributed by atoms with van der Waals surface area (Å²) in [6, 6.07) is 64.2. The van der Waals surface area contributed by atoms with E-state index in [0.717, 1.165) is 90.5 Å². The minimum absolute atomic E-state index is 0.519. The Morgan fingerprint density at radius 2 is 0.800 bits per heavy atom.